The van der Waals surface area contributed by atoms with E-state index in [1.165, 1.54) is 51.2 Å². The van der Waals surface area contributed by atoms with Crippen LogP contribution in [0.2, 0.25) is 0 Å². The largest absolute Gasteiger partial charge is 0.316 e. The second kappa shape index (κ2) is 7.90. The van der Waals surface area contributed by atoms with Crippen molar-refractivity contribution in [3.8, 4) is 0 Å². The van der Waals surface area contributed by atoms with E-state index in [0.717, 1.165) is 6.54 Å². The topological polar surface area (TPSA) is 15.3 Å². The van der Waals surface area contributed by atoms with Crippen LogP contribution in [0.5, 0.6) is 0 Å². The van der Waals surface area contributed by atoms with Gasteiger partial charge in [-0.25, -0.2) is 0 Å². The third-order valence-corrected chi connectivity index (χ3v) is 5.24. The molecule has 0 aromatic heterocycles. The zero-order chi connectivity index (χ0) is 14.4. The fraction of sp³-hybridized carbons (Fsp3) is 1.00. The molecule has 19 heavy (non-hydrogen) atoms. The van der Waals surface area contributed by atoms with Crippen molar-refractivity contribution in [1.82, 2.24) is 10.2 Å². The van der Waals surface area contributed by atoms with Gasteiger partial charge in [0, 0.05) is 36.7 Å². The highest BCUT2D eigenvalue weighted by molar-refractivity contribution is 8.00. The zero-order valence-corrected chi connectivity index (χ0v) is 14.5. The van der Waals surface area contributed by atoms with Gasteiger partial charge in [0.05, 0.1) is 0 Å². The van der Waals surface area contributed by atoms with Crippen molar-refractivity contribution in [2.75, 3.05) is 38.5 Å². The lowest BCUT2D eigenvalue weighted by molar-refractivity contribution is 0.144. The van der Waals surface area contributed by atoms with Gasteiger partial charge in [0.2, 0.25) is 0 Å². The zero-order valence-electron chi connectivity index (χ0n) is 13.7. The highest BCUT2D eigenvalue weighted by Gasteiger charge is 2.32. The van der Waals surface area contributed by atoms with E-state index >= 15 is 0 Å². The maximum atomic E-state index is 3.64. The molecule has 1 aliphatic rings. The van der Waals surface area contributed by atoms with Gasteiger partial charge in [-0.1, -0.05) is 27.2 Å². The minimum atomic E-state index is 0.433. The van der Waals surface area contributed by atoms with E-state index in [1.807, 2.05) is 0 Å². The van der Waals surface area contributed by atoms with Crippen LogP contribution in [0.15, 0.2) is 0 Å². The molecular formula is C16H34N2S. The van der Waals surface area contributed by atoms with E-state index in [0.29, 0.717) is 10.2 Å². The number of nitrogens with zero attached hydrogens (tertiary/aromatic N) is 1. The van der Waals surface area contributed by atoms with Crippen molar-refractivity contribution in [1.29, 1.82) is 0 Å². The van der Waals surface area contributed by atoms with E-state index in [-0.39, 0.29) is 0 Å². The predicted octanol–water partition coefficient (Wildman–Crippen LogP) is 3.62. The van der Waals surface area contributed by atoms with Crippen molar-refractivity contribution in [2.45, 2.75) is 58.6 Å². The smallest absolute Gasteiger partial charge is 0.0231 e. The Morgan fingerprint density at radius 3 is 2.58 bits per heavy atom. The van der Waals surface area contributed by atoms with Gasteiger partial charge in [-0.2, -0.15) is 11.8 Å². The van der Waals surface area contributed by atoms with Crippen LogP contribution in [-0.2, 0) is 0 Å². The van der Waals surface area contributed by atoms with Crippen LogP contribution in [0.3, 0.4) is 0 Å². The SMILES string of the molecule is CCCNCC(C)(CCC)CN1CCSC(C)(C)C1. The van der Waals surface area contributed by atoms with Gasteiger partial charge in [-0.15, -0.1) is 0 Å². The van der Waals surface area contributed by atoms with Crippen LogP contribution in [-0.4, -0.2) is 48.1 Å². The fourth-order valence-electron chi connectivity index (χ4n) is 3.18. The molecule has 1 unspecified atom stereocenters. The molecule has 1 fully saturated rings. The number of nitrogens with one attached hydrogen (secondary N) is 1. The van der Waals surface area contributed by atoms with E-state index in [4.69, 9.17) is 0 Å². The van der Waals surface area contributed by atoms with E-state index in [1.54, 1.807) is 0 Å². The molecule has 2 nitrogen and oxygen atoms in total. The summed E-state index contributed by atoms with van der Waals surface area (Å²) in [5, 5.41) is 3.64. The van der Waals surface area contributed by atoms with E-state index in [9.17, 15) is 0 Å². The Balaban J connectivity index is 2.51. The van der Waals surface area contributed by atoms with Crippen LogP contribution in [0.4, 0.5) is 0 Å². The average molecular weight is 287 g/mol. The normalized spacial score (nSPS) is 23.2. The molecule has 0 saturated carbocycles. The second-order valence-electron chi connectivity index (χ2n) is 7.06. The quantitative estimate of drug-likeness (QED) is 0.686. The van der Waals surface area contributed by atoms with Crippen molar-refractivity contribution < 1.29 is 0 Å². The molecule has 0 aromatic carbocycles. The summed E-state index contributed by atoms with van der Waals surface area (Å²) in [6.45, 7) is 17.9. The summed E-state index contributed by atoms with van der Waals surface area (Å²) >= 11 is 2.13. The Morgan fingerprint density at radius 2 is 2.00 bits per heavy atom. The Kier molecular flexibility index (Phi) is 7.20. The van der Waals surface area contributed by atoms with E-state index < -0.39 is 0 Å². The van der Waals surface area contributed by atoms with Gasteiger partial charge in [0.25, 0.3) is 0 Å². The van der Waals surface area contributed by atoms with Crippen molar-refractivity contribution in [3.63, 3.8) is 0 Å². The summed E-state index contributed by atoms with van der Waals surface area (Å²) in [5.74, 6) is 1.29. The van der Waals surface area contributed by atoms with Gasteiger partial charge < -0.3 is 10.2 Å². The summed E-state index contributed by atoms with van der Waals surface area (Å²) in [4.78, 5) is 2.69. The lowest BCUT2D eigenvalue weighted by atomic mass is 9.84. The molecule has 0 radical (unpaired) electrons. The molecule has 1 saturated heterocycles. The third kappa shape index (κ3) is 6.50. The Labute approximate surface area is 125 Å². The highest BCUT2D eigenvalue weighted by atomic mass is 32.2. The minimum Gasteiger partial charge on any atom is -0.316 e. The fourth-order valence-corrected chi connectivity index (χ4v) is 4.36. The van der Waals surface area contributed by atoms with Gasteiger partial charge in [-0.3, -0.25) is 0 Å². The van der Waals surface area contributed by atoms with Gasteiger partial charge in [0.1, 0.15) is 0 Å². The van der Waals surface area contributed by atoms with Gasteiger partial charge >= 0.3 is 0 Å². The molecular weight excluding hydrogens is 252 g/mol. The Bertz CT molecular complexity index is 255. The number of rotatable bonds is 8. The first kappa shape index (κ1) is 17.3. The second-order valence-corrected chi connectivity index (χ2v) is 8.86. The molecule has 1 aliphatic heterocycles. The summed E-state index contributed by atoms with van der Waals surface area (Å²) < 4.78 is 0.433. The van der Waals surface area contributed by atoms with Crippen LogP contribution >= 0.6 is 11.8 Å². The van der Waals surface area contributed by atoms with Crippen LogP contribution in [0.1, 0.15) is 53.9 Å². The van der Waals surface area contributed by atoms with Gasteiger partial charge in [0.15, 0.2) is 0 Å². The maximum Gasteiger partial charge on any atom is 0.0231 e. The molecule has 0 amide bonds. The standard InChI is InChI=1S/C16H34N2S/c1-6-8-16(5,12-17-9-7-2)14-18-10-11-19-15(3,4)13-18/h17H,6-14H2,1-5H3. The molecule has 0 spiro atoms. The number of hydrogen-bond acceptors (Lipinski definition) is 3. The molecule has 0 aromatic rings. The summed E-state index contributed by atoms with van der Waals surface area (Å²) in [7, 11) is 0. The molecule has 0 aliphatic carbocycles. The third-order valence-electron chi connectivity index (χ3n) is 3.94. The molecule has 1 atom stereocenters. The minimum absolute atomic E-state index is 0.433. The molecule has 1 rings (SSSR count). The molecule has 1 heterocycles. The molecule has 0 bridgehead atoms. The lowest BCUT2D eigenvalue weighted by Crippen LogP contribution is -2.49. The summed E-state index contributed by atoms with van der Waals surface area (Å²) in [5.41, 5.74) is 0.433. The van der Waals surface area contributed by atoms with Crippen LogP contribution < -0.4 is 5.32 Å². The summed E-state index contributed by atoms with van der Waals surface area (Å²) in [6.07, 6.45) is 3.85. The molecule has 114 valence electrons. The first-order chi connectivity index (χ1) is 8.91. The lowest BCUT2D eigenvalue weighted by Gasteiger charge is -2.42. The first-order valence-corrected chi connectivity index (χ1v) is 8.96. The number of hydrogen-bond donors (Lipinski definition) is 1. The van der Waals surface area contributed by atoms with Crippen LogP contribution in [0.25, 0.3) is 0 Å². The molecule has 3 heteroatoms. The first-order valence-electron chi connectivity index (χ1n) is 7.98. The number of thioether (sulfide) groups is 1. The van der Waals surface area contributed by atoms with Gasteiger partial charge in [-0.05, 0) is 38.6 Å². The Hall–Kier alpha value is 0.270. The summed E-state index contributed by atoms with van der Waals surface area (Å²) in [6, 6.07) is 0. The molecule has 1 N–H and O–H groups in total. The van der Waals surface area contributed by atoms with Crippen molar-refractivity contribution in [3.05, 3.63) is 0 Å². The van der Waals surface area contributed by atoms with E-state index in [2.05, 4.69) is 56.6 Å². The monoisotopic (exact) mass is 286 g/mol. The average Bonchev–Trinajstić information content (AvgIpc) is 2.28. The predicted molar refractivity (Wildman–Crippen MR) is 89.2 cm³/mol. The highest BCUT2D eigenvalue weighted by Crippen LogP contribution is 2.32. The van der Waals surface area contributed by atoms with Crippen LogP contribution in [0, 0.1) is 5.41 Å². The van der Waals surface area contributed by atoms with Crippen molar-refractivity contribution in [2.24, 2.45) is 5.41 Å². The van der Waals surface area contributed by atoms with Crippen molar-refractivity contribution >= 4 is 11.8 Å². The maximum absolute atomic E-state index is 3.64. The Morgan fingerprint density at radius 1 is 1.26 bits per heavy atom.